The molecule has 6 heterocycles. The molecular formula is C82H58N4. The summed E-state index contributed by atoms with van der Waals surface area (Å²) < 4.78 is 10.2. The van der Waals surface area contributed by atoms with Gasteiger partial charge in [-0.2, -0.15) is 0 Å². The van der Waals surface area contributed by atoms with Crippen molar-refractivity contribution in [2.75, 3.05) is 0 Å². The number of hydrogen-bond donors (Lipinski definition) is 0. The minimum atomic E-state index is -0.128. The summed E-state index contributed by atoms with van der Waals surface area (Å²) in [4.78, 5) is 0. The molecule has 4 nitrogen and oxygen atoms in total. The van der Waals surface area contributed by atoms with Gasteiger partial charge in [0, 0.05) is 87.1 Å². The average molecular weight is 1100 g/mol. The number of para-hydroxylation sites is 4. The number of rotatable bonds is 4. The molecule has 0 aliphatic carbocycles. The summed E-state index contributed by atoms with van der Waals surface area (Å²) in [6.07, 6.45) is 0. The summed E-state index contributed by atoms with van der Waals surface area (Å²) >= 11 is 0. The molecule has 0 saturated heterocycles. The van der Waals surface area contributed by atoms with Gasteiger partial charge < -0.3 is 17.9 Å². The van der Waals surface area contributed by atoms with E-state index < -0.39 is 0 Å². The summed E-state index contributed by atoms with van der Waals surface area (Å²) in [5, 5.41) is 20.5. The molecule has 19 rings (SSSR count). The SMILES string of the molecule is CC(C)(C)c1cc2c3c4c5cc(C(C)(C)C)cc6c7c8ccccc8cc(-c8ccc9c(c8)c8ccccc8n9-c8ccccc8)c7n(c4ccc3n3c4c(-c7ccc8c(c7)c7ccccc7n8-c7ccccc7)cc7ccccc7c4c(c1)c23)c56. The fourth-order valence-electron chi connectivity index (χ4n) is 15.7. The predicted molar refractivity (Wildman–Crippen MR) is 368 cm³/mol. The Bertz CT molecular complexity index is 5750. The maximum Gasteiger partial charge on any atom is 0.0626 e. The van der Waals surface area contributed by atoms with Gasteiger partial charge in [0.25, 0.3) is 0 Å². The van der Waals surface area contributed by atoms with Gasteiger partial charge in [0.05, 0.1) is 55.2 Å². The van der Waals surface area contributed by atoms with Crippen molar-refractivity contribution >= 4 is 141 Å². The second-order valence-electron chi connectivity index (χ2n) is 26.4. The quantitative estimate of drug-likeness (QED) is 0.167. The van der Waals surface area contributed by atoms with Crippen LogP contribution in [0.1, 0.15) is 52.7 Å². The van der Waals surface area contributed by atoms with Crippen LogP contribution in [-0.2, 0) is 10.8 Å². The molecule has 4 heteroatoms. The molecule has 0 bridgehead atoms. The van der Waals surface area contributed by atoms with Gasteiger partial charge in [-0.25, -0.2) is 0 Å². The molecule has 0 spiro atoms. The van der Waals surface area contributed by atoms with Crippen LogP contribution >= 0.6 is 0 Å². The topological polar surface area (TPSA) is 18.7 Å². The second-order valence-corrected chi connectivity index (χ2v) is 26.4. The van der Waals surface area contributed by atoms with Crippen LogP contribution in [0.5, 0.6) is 0 Å². The summed E-state index contributed by atoms with van der Waals surface area (Å²) in [5.74, 6) is 0. The van der Waals surface area contributed by atoms with Crippen LogP contribution in [-0.4, -0.2) is 17.9 Å². The van der Waals surface area contributed by atoms with Gasteiger partial charge in [-0.1, -0.05) is 175 Å². The van der Waals surface area contributed by atoms with E-state index in [1.54, 1.807) is 0 Å². The Morgan fingerprint density at radius 2 is 0.581 bits per heavy atom. The van der Waals surface area contributed by atoms with Crippen molar-refractivity contribution in [2.45, 2.75) is 52.4 Å². The highest BCUT2D eigenvalue weighted by atomic mass is 15.0. The van der Waals surface area contributed by atoms with E-state index in [9.17, 15) is 0 Å². The molecule has 0 saturated carbocycles. The first-order chi connectivity index (χ1) is 42.0. The third kappa shape index (κ3) is 6.27. The molecule has 19 aromatic rings. The number of benzene rings is 13. The van der Waals surface area contributed by atoms with E-state index >= 15 is 0 Å². The monoisotopic (exact) mass is 1100 g/mol. The van der Waals surface area contributed by atoms with Crippen LogP contribution in [0.2, 0.25) is 0 Å². The standard InChI is InChI=1S/C82H58N4/c1-81(2,3)51-43-63-73-55-27-15-13-21-47(55)39-59(49-33-35-69-61(41-49)57-29-17-19-31-67(57)83(69)53-23-9-7-10-24-53)79(73)85-71-37-38-72-76(75(71)65(45-51)77(63)85)66-46-52(82(4,5)6)44-64-74-56-28-16-14-22-48(56)40-60(80(74)86(72)78(64)66)50-34-36-70-62(42-50)58-30-18-20-32-68(58)84(70)54-25-11-8-12-26-54/h7-46H,1-6H3. The normalized spacial score (nSPS) is 13.0. The molecule has 0 fully saturated rings. The molecule has 86 heavy (non-hydrogen) atoms. The van der Waals surface area contributed by atoms with Crippen molar-refractivity contribution in [1.29, 1.82) is 0 Å². The molecule has 0 aliphatic heterocycles. The van der Waals surface area contributed by atoms with E-state index in [-0.39, 0.29) is 10.8 Å². The van der Waals surface area contributed by atoms with Gasteiger partial charge in [-0.15, -0.1) is 0 Å². The van der Waals surface area contributed by atoms with E-state index in [0.29, 0.717) is 0 Å². The Kier molecular flexibility index (Phi) is 9.31. The third-order valence-electron chi connectivity index (χ3n) is 19.6. The van der Waals surface area contributed by atoms with E-state index in [0.717, 1.165) is 11.4 Å². The first kappa shape index (κ1) is 48.0. The molecule has 13 aromatic carbocycles. The van der Waals surface area contributed by atoms with Crippen LogP contribution in [0.25, 0.3) is 175 Å². The minimum absolute atomic E-state index is 0.128. The number of hydrogen-bond acceptors (Lipinski definition) is 0. The highest BCUT2D eigenvalue weighted by molar-refractivity contribution is 6.39. The largest absolute Gasteiger partial charge is 0.309 e. The van der Waals surface area contributed by atoms with E-state index in [1.807, 2.05) is 0 Å². The smallest absolute Gasteiger partial charge is 0.0626 e. The molecule has 6 aromatic heterocycles. The third-order valence-corrected chi connectivity index (χ3v) is 19.6. The summed E-state index contributed by atoms with van der Waals surface area (Å²) in [6.45, 7) is 14.3. The lowest BCUT2D eigenvalue weighted by molar-refractivity contribution is 0.591. The van der Waals surface area contributed by atoms with Crippen LogP contribution in [0, 0.1) is 0 Å². The Hall–Kier alpha value is -10.4. The molecule has 0 N–H and O–H groups in total. The lowest BCUT2D eigenvalue weighted by atomic mass is 9.84. The Morgan fingerprint density at radius 1 is 0.244 bits per heavy atom. The first-order valence-corrected chi connectivity index (χ1v) is 30.4. The van der Waals surface area contributed by atoms with Crippen LogP contribution in [0.4, 0.5) is 0 Å². The maximum absolute atomic E-state index is 2.68. The fourth-order valence-corrected chi connectivity index (χ4v) is 15.7. The van der Waals surface area contributed by atoms with Crippen molar-refractivity contribution in [3.8, 4) is 33.6 Å². The number of nitrogens with zero attached hydrogens (tertiary/aromatic N) is 4. The highest BCUT2D eigenvalue weighted by Crippen LogP contribution is 2.53. The number of aromatic nitrogens is 4. The fraction of sp³-hybridized carbons (Fsp3) is 0.0976. The number of fused-ring (bicyclic) bond motifs is 23. The zero-order valence-electron chi connectivity index (χ0n) is 48.9. The van der Waals surface area contributed by atoms with E-state index in [2.05, 4.69) is 302 Å². The summed E-state index contributed by atoms with van der Waals surface area (Å²) in [6, 6.07) is 92.1. The van der Waals surface area contributed by atoms with Gasteiger partial charge in [0.15, 0.2) is 0 Å². The van der Waals surface area contributed by atoms with Gasteiger partial charge in [0.1, 0.15) is 0 Å². The van der Waals surface area contributed by atoms with Crippen molar-refractivity contribution < 1.29 is 0 Å². The minimum Gasteiger partial charge on any atom is -0.309 e. The average Bonchev–Trinajstić information content (AvgIpc) is 1.68. The zero-order valence-corrected chi connectivity index (χ0v) is 48.9. The van der Waals surface area contributed by atoms with Gasteiger partial charge in [-0.05, 0) is 164 Å². The second kappa shape index (κ2) is 16.7. The lowest BCUT2D eigenvalue weighted by Gasteiger charge is -2.20. The van der Waals surface area contributed by atoms with Crippen molar-refractivity contribution in [3.63, 3.8) is 0 Å². The maximum atomic E-state index is 2.68. The van der Waals surface area contributed by atoms with E-state index in [1.165, 1.54) is 175 Å². The van der Waals surface area contributed by atoms with Crippen LogP contribution < -0.4 is 0 Å². The molecule has 0 unspecified atom stereocenters. The van der Waals surface area contributed by atoms with Gasteiger partial charge in [-0.3, -0.25) is 0 Å². The molecule has 0 aliphatic rings. The molecule has 0 radical (unpaired) electrons. The van der Waals surface area contributed by atoms with Crippen molar-refractivity contribution in [2.24, 2.45) is 0 Å². The lowest BCUT2D eigenvalue weighted by Crippen LogP contribution is -2.10. The van der Waals surface area contributed by atoms with Crippen LogP contribution in [0.3, 0.4) is 0 Å². The molecule has 406 valence electrons. The van der Waals surface area contributed by atoms with Gasteiger partial charge in [0.2, 0.25) is 0 Å². The zero-order chi connectivity index (χ0) is 57.2. The molecule has 0 atom stereocenters. The van der Waals surface area contributed by atoms with E-state index in [4.69, 9.17) is 0 Å². The van der Waals surface area contributed by atoms with Crippen molar-refractivity contribution in [1.82, 2.24) is 17.9 Å². The molecule has 0 amide bonds. The Balaban J connectivity index is 0.970. The summed E-state index contributed by atoms with van der Waals surface area (Å²) in [7, 11) is 0. The van der Waals surface area contributed by atoms with Gasteiger partial charge >= 0.3 is 0 Å². The predicted octanol–water partition coefficient (Wildman–Crippen LogP) is 22.4. The summed E-state index contributed by atoms with van der Waals surface area (Å²) in [5.41, 5.74) is 22.0. The van der Waals surface area contributed by atoms with Crippen molar-refractivity contribution in [3.05, 3.63) is 254 Å². The molecular weight excluding hydrogens is 1040 g/mol. The highest BCUT2D eigenvalue weighted by Gasteiger charge is 2.31. The first-order valence-electron chi connectivity index (χ1n) is 30.4. The van der Waals surface area contributed by atoms with Crippen LogP contribution in [0.15, 0.2) is 243 Å². The Morgan fingerprint density at radius 3 is 0.988 bits per heavy atom. The Labute approximate surface area is 496 Å².